The first-order valence-corrected chi connectivity index (χ1v) is 7.33. The van der Waals surface area contributed by atoms with Crippen molar-refractivity contribution in [2.45, 2.75) is 26.4 Å². The number of ether oxygens (including phenoxy) is 1. The van der Waals surface area contributed by atoms with Gasteiger partial charge in [-0.15, -0.1) is 0 Å². The molecule has 1 rings (SSSR count). The first-order chi connectivity index (χ1) is 8.70. The Morgan fingerprint density at radius 1 is 1.32 bits per heavy atom. The van der Waals surface area contributed by atoms with E-state index in [2.05, 4.69) is 15.9 Å². The summed E-state index contributed by atoms with van der Waals surface area (Å²) in [7, 11) is -2.52. The molecule has 0 fully saturated rings. The lowest BCUT2D eigenvalue weighted by Crippen LogP contribution is -2.36. The SMILES string of the molecule is CC(C)(C)OC(=O)N(C=S(=O)=O)c1ccccc1Br. The zero-order valence-corrected chi connectivity index (χ0v) is 13.2. The summed E-state index contributed by atoms with van der Waals surface area (Å²) in [5.74, 6) is 0. The van der Waals surface area contributed by atoms with Crippen LogP contribution in [-0.4, -0.2) is 25.6 Å². The van der Waals surface area contributed by atoms with Gasteiger partial charge in [0.25, 0.3) is 0 Å². The molecule has 0 aliphatic rings. The Balaban J connectivity index is 3.21. The predicted molar refractivity (Wildman–Crippen MR) is 77.8 cm³/mol. The van der Waals surface area contributed by atoms with Crippen LogP contribution in [0.2, 0.25) is 0 Å². The maximum absolute atomic E-state index is 12.0. The molecule has 1 aromatic rings. The van der Waals surface area contributed by atoms with E-state index in [0.717, 1.165) is 10.4 Å². The van der Waals surface area contributed by atoms with Crippen LogP contribution in [0.3, 0.4) is 0 Å². The average molecular weight is 348 g/mol. The van der Waals surface area contributed by atoms with Crippen molar-refractivity contribution in [2.75, 3.05) is 4.90 Å². The second-order valence-electron chi connectivity index (χ2n) is 4.67. The fraction of sp³-hybridized carbons (Fsp3) is 0.333. The lowest BCUT2D eigenvalue weighted by molar-refractivity contribution is 0.0606. The Labute approximate surface area is 121 Å². The van der Waals surface area contributed by atoms with Crippen LogP contribution in [0.15, 0.2) is 28.7 Å². The zero-order chi connectivity index (χ0) is 14.6. The van der Waals surface area contributed by atoms with Gasteiger partial charge in [-0.2, -0.15) is 8.42 Å². The molecule has 0 saturated carbocycles. The van der Waals surface area contributed by atoms with Crippen LogP contribution in [0.4, 0.5) is 10.5 Å². The minimum absolute atomic E-state index is 0.390. The third-order valence-corrected chi connectivity index (χ3v) is 2.95. The van der Waals surface area contributed by atoms with Gasteiger partial charge in [0.1, 0.15) is 11.1 Å². The third kappa shape index (κ3) is 5.04. The largest absolute Gasteiger partial charge is 0.443 e. The molecule has 0 aliphatic heterocycles. The molecule has 0 spiro atoms. The topological polar surface area (TPSA) is 63.7 Å². The molecule has 0 aliphatic carbocycles. The molecule has 19 heavy (non-hydrogen) atoms. The van der Waals surface area contributed by atoms with Crippen molar-refractivity contribution < 1.29 is 17.9 Å². The summed E-state index contributed by atoms with van der Waals surface area (Å²) in [6.07, 6.45) is -0.761. The number of halogens is 1. The van der Waals surface area contributed by atoms with Crippen molar-refractivity contribution in [1.82, 2.24) is 0 Å². The first kappa shape index (κ1) is 15.7. The molecule has 0 atom stereocenters. The zero-order valence-electron chi connectivity index (χ0n) is 10.8. The van der Waals surface area contributed by atoms with Gasteiger partial charge in [0.05, 0.1) is 5.69 Å². The van der Waals surface area contributed by atoms with Gasteiger partial charge in [0.15, 0.2) is 0 Å². The Morgan fingerprint density at radius 3 is 2.37 bits per heavy atom. The molecule has 1 amide bonds. The quantitative estimate of drug-likeness (QED) is 0.771. The van der Waals surface area contributed by atoms with E-state index >= 15 is 0 Å². The summed E-state index contributed by atoms with van der Waals surface area (Å²) in [6.45, 7) is 5.12. The van der Waals surface area contributed by atoms with Crippen LogP contribution in [-0.2, 0) is 15.0 Å². The van der Waals surface area contributed by atoms with Crippen molar-refractivity contribution in [2.24, 2.45) is 0 Å². The van der Waals surface area contributed by atoms with Crippen molar-refractivity contribution in [3.8, 4) is 0 Å². The number of nitrogens with zero attached hydrogens (tertiary/aromatic N) is 1. The number of carbonyl (C=O) groups excluding carboxylic acids is 1. The van der Waals surface area contributed by atoms with Gasteiger partial charge in [-0.25, -0.2) is 9.69 Å². The number of amides is 1. The minimum atomic E-state index is -2.52. The maximum Gasteiger partial charge on any atom is 0.419 e. The molecular formula is C12H14BrNO4S. The number of benzene rings is 1. The van der Waals surface area contributed by atoms with Gasteiger partial charge in [-0.3, -0.25) is 0 Å². The van der Waals surface area contributed by atoms with Gasteiger partial charge in [-0.05, 0) is 48.8 Å². The van der Waals surface area contributed by atoms with E-state index in [1.807, 2.05) is 0 Å². The van der Waals surface area contributed by atoms with Crippen LogP contribution in [0.1, 0.15) is 20.8 Å². The van der Waals surface area contributed by atoms with Gasteiger partial charge >= 0.3 is 6.09 Å². The van der Waals surface area contributed by atoms with Crippen LogP contribution < -0.4 is 4.90 Å². The molecule has 0 N–H and O–H groups in total. The van der Waals surface area contributed by atoms with Crippen molar-refractivity contribution in [3.63, 3.8) is 0 Å². The van der Waals surface area contributed by atoms with Crippen LogP contribution >= 0.6 is 15.9 Å². The smallest absolute Gasteiger partial charge is 0.419 e. The van der Waals surface area contributed by atoms with Gasteiger partial charge in [0.2, 0.25) is 10.3 Å². The van der Waals surface area contributed by atoms with Gasteiger partial charge in [-0.1, -0.05) is 12.1 Å². The lowest BCUT2D eigenvalue weighted by atomic mass is 10.2. The molecule has 0 bridgehead atoms. The van der Waals surface area contributed by atoms with Crippen LogP contribution in [0, 0.1) is 0 Å². The highest BCUT2D eigenvalue weighted by molar-refractivity contribution is 9.10. The highest BCUT2D eigenvalue weighted by Gasteiger charge is 2.23. The fourth-order valence-electron chi connectivity index (χ4n) is 1.24. The number of carbonyl (C=O) groups is 1. The molecule has 1 aromatic carbocycles. The highest BCUT2D eigenvalue weighted by atomic mass is 79.9. The van der Waals surface area contributed by atoms with E-state index in [9.17, 15) is 13.2 Å². The van der Waals surface area contributed by atoms with Gasteiger partial charge < -0.3 is 4.74 Å². The summed E-state index contributed by atoms with van der Waals surface area (Å²) >= 11 is 3.26. The Bertz CT molecular complexity index is 596. The van der Waals surface area contributed by atoms with E-state index in [-0.39, 0.29) is 0 Å². The molecule has 0 unspecified atom stereocenters. The molecule has 104 valence electrons. The van der Waals surface area contributed by atoms with Gasteiger partial charge in [0, 0.05) is 4.47 Å². The standard InChI is InChI=1S/C12H14BrNO4S/c1-12(2,3)18-11(15)14(8-19(16)17)10-7-5-4-6-9(10)13/h4-8H,1-3H3. The molecule has 0 aromatic heterocycles. The van der Waals surface area contributed by atoms with Crippen molar-refractivity contribution in [3.05, 3.63) is 28.7 Å². The average Bonchev–Trinajstić information content (AvgIpc) is 2.24. The van der Waals surface area contributed by atoms with E-state index in [1.165, 1.54) is 0 Å². The summed E-state index contributed by atoms with van der Waals surface area (Å²) in [4.78, 5) is 13.0. The molecule has 5 nitrogen and oxygen atoms in total. The maximum atomic E-state index is 12.0. The fourth-order valence-corrected chi connectivity index (χ4v) is 2.09. The lowest BCUT2D eigenvalue weighted by Gasteiger charge is -2.24. The number of anilines is 1. The monoisotopic (exact) mass is 347 g/mol. The summed E-state index contributed by atoms with van der Waals surface area (Å²) in [5, 5.41) is 0. The van der Waals surface area contributed by atoms with Crippen LogP contribution in [0.5, 0.6) is 0 Å². The van der Waals surface area contributed by atoms with E-state index in [4.69, 9.17) is 4.74 Å². The first-order valence-electron chi connectivity index (χ1n) is 5.40. The van der Waals surface area contributed by atoms with E-state index in [1.54, 1.807) is 45.0 Å². The summed E-state index contributed by atoms with van der Waals surface area (Å²) in [5.41, 5.74) is 0.448. The van der Waals surface area contributed by atoms with Crippen LogP contribution in [0.25, 0.3) is 0 Å². The molecular weight excluding hydrogens is 334 g/mol. The Hall–Kier alpha value is -1.34. The third-order valence-electron chi connectivity index (χ3n) is 1.89. The van der Waals surface area contributed by atoms with E-state index in [0.29, 0.717) is 10.2 Å². The Morgan fingerprint density at radius 2 is 1.89 bits per heavy atom. The van der Waals surface area contributed by atoms with Crippen molar-refractivity contribution >= 4 is 43.5 Å². The molecule has 7 heteroatoms. The molecule has 0 heterocycles. The normalized spacial score (nSPS) is 10.7. The van der Waals surface area contributed by atoms with E-state index < -0.39 is 22.0 Å². The number of hydrogen-bond acceptors (Lipinski definition) is 4. The predicted octanol–water partition coefficient (Wildman–Crippen LogP) is 2.83. The summed E-state index contributed by atoms with van der Waals surface area (Å²) in [6, 6.07) is 6.76. The number of hydrogen-bond donors (Lipinski definition) is 0. The second-order valence-corrected chi connectivity index (χ2v) is 6.25. The highest BCUT2D eigenvalue weighted by Crippen LogP contribution is 2.26. The number of para-hydroxylation sites is 1. The van der Waals surface area contributed by atoms with Crippen molar-refractivity contribution in [1.29, 1.82) is 0 Å². The second kappa shape index (κ2) is 6.21. The summed E-state index contributed by atoms with van der Waals surface area (Å²) < 4.78 is 27.4. The molecule has 0 radical (unpaired) electrons. The minimum Gasteiger partial charge on any atom is -0.443 e. The Kier molecular flexibility index (Phi) is 5.13. The number of rotatable bonds is 2. The molecule has 0 saturated heterocycles.